The lowest BCUT2D eigenvalue weighted by Gasteiger charge is -2.16. The molecule has 138 valence electrons. The van der Waals surface area contributed by atoms with E-state index in [0.29, 0.717) is 0 Å². The van der Waals surface area contributed by atoms with E-state index in [1.165, 1.54) is 5.56 Å². The lowest BCUT2D eigenvalue weighted by molar-refractivity contribution is 0.336. The van der Waals surface area contributed by atoms with Crippen molar-refractivity contribution >= 4 is 29.9 Å². The summed E-state index contributed by atoms with van der Waals surface area (Å²) in [4.78, 5) is 6.95. The van der Waals surface area contributed by atoms with Gasteiger partial charge in [0, 0.05) is 45.1 Å². The number of nitrogens with zero attached hydrogens (tertiary/aromatic N) is 3. The lowest BCUT2D eigenvalue weighted by Crippen LogP contribution is -2.39. The minimum absolute atomic E-state index is 0. The smallest absolute Gasteiger partial charge is 0.191 e. The molecule has 1 aromatic carbocycles. The van der Waals surface area contributed by atoms with Gasteiger partial charge in [-0.3, -0.25) is 4.99 Å². The summed E-state index contributed by atoms with van der Waals surface area (Å²) in [6.45, 7) is 7.42. The predicted molar refractivity (Wildman–Crippen MR) is 117 cm³/mol. The molecule has 2 N–H and O–H groups in total. The average Bonchev–Trinajstić information content (AvgIpc) is 3.09. The fraction of sp³-hybridized carbons (Fsp3) is 0.421. The van der Waals surface area contributed by atoms with Crippen molar-refractivity contribution in [3.8, 4) is 0 Å². The van der Waals surface area contributed by atoms with Crippen molar-refractivity contribution in [3.63, 3.8) is 0 Å². The summed E-state index contributed by atoms with van der Waals surface area (Å²) < 4.78 is 2.16. The molecule has 6 heteroatoms. The fourth-order valence-corrected chi connectivity index (χ4v) is 2.47. The first-order valence-electron chi connectivity index (χ1n) is 8.63. The number of nitrogens with one attached hydrogen (secondary N) is 2. The van der Waals surface area contributed by atoms with E-state index in [0.717, 1.165) is 45.2 Å². The van der Waals surface area contributed by atoms with Gasteiger partial charge in [0.05, 0.1) is 6.54 Å². The number of hydrogen-bond donors (Lipinski definition) is 2. The van der Waals surface area contributed by atoms with Crippen LogP contribution >= 0.6 is 24.0 Å². The van der Waals surface area contributed by atoms with Gasteiger partial charge in [-0.05, 0) is 31.7 Å². The largest absolute Gasteiger partial charge is 0.357 e. The van der Waals surface area contributed by atoms with E-state index in [1.807, 2.05) is 12.1 Å². The van der Waals surface area contributed by atoms with Crippen molar-refractivity contribution in [3.05, 3.63) is 60.4 Å². The first kappa shape index (κ1) is 21.5. The molecule has 0 bridgehead atoms. The SMILES string of the molecule is CCNC(=NCCN(C)Cc1ccccc1)NCCn1cccc1.I. The van der Waals surface area contributed by atoms with Crippen LogP contribution in [0.1, 0.15) is 12.5 Å². The second-order valence-corrected chi connectivity index (χ2v) is 5.83. The molecule has 0 atom stereocenters. The van der Waals surface area contributed by atoms with Crippen LogP contribution in [0.15, 0.2) is 59.9 Å². The third kappa shape index (κ3) is 8.92. The van der Waals surface area contributed by atoms with Crippen molar-refractivity contribution in [2.45, 2.75) is 20.0 Å². The van der Waals surface area contributed by atoms with Gasteiger partial charge in [-0.2, -0.15) is 0 Å². The summed E-state index contributed by atoms with van der Waals surface area (Å²) in [6.07, 6.45) is 4.15. The van der Waals surface area contributed by atoms with Gasteiger partial charge in [-0.25, -0.2) is 0 Å². The third-order valence-electron chi connectivity index (χ3n) is 3.72. The molecule has 0 unspecified atom stereocenters. The molecule has 1 aromatic heterocycles. The molecular formula is C19H30IN5. The number of guanidine groups is 1. The minimum atomic E-state index is 0. The van der Waals surface area contributed by atoms with Gasteiger partial charge >= 0.3 is 0 Å². The maximum absolute atomic E-state index is 4.66. The molecule has 0 fully saturated rings. The van der Waals surface area contributed by atoms with Crippen LogP contribution in [-0.2, 0) is 13.1 Å². The zero-order chi connectivity index (χ0) is 17.0. The van der Waals surface area contributed by atoms with Crippen LogP contribution in [0.5, 0.6) is 0 Å². The van der Waals surface area contributed by atoms with Gasteiger partial charge in [0.1, 0.15) is 0 Å². The molecule has 2 rings (SSSR count). The average molecular weight is 455 g/mol. The maximum Gasteiger partial charge on any atom is 0.191 e. The van der Waals surface area contributed by atoms with Crippen molar-refractivity contribution < 1.29 is 0 Å². The number of hydrogen-bond acceptors (Lipinski definition) is 2. The first-order chi connectivity index (χ1) is 11.8. The van der Waals surface area contributed by atoms with Gasteiger partial charge in [-0.15, -0.1) is 24.0 Å². The summed E-state index contributed by atoms with van der Waals surface area (Å²) in [5.41, 5.74) is 1.33. The van der Waals surface area contributed by atoms with Crippen LogP contribution < -0.4 is 10.6 Å². The van der Waals surface area contributed by atoms with E-state index < -0.39 is 0 Å². The fourth-order valence-electron chi connectivity index (χ4n) is 2.47. The zero-order valence-corrected chi connectivity index (χ0v) is 17.5. The van der Waals surface area contributed by atoms with Gasteiger partial charge in [-0.1, -0.05) is 30.3 Å². The van der Waals surface area contributed by atoms with E-state index in [4.69, 9.17) is 0 Å². The number of aromatic nitrogens is 1. The molecule has 1 heterocycles. The highest BCUT2D eigenvalue weighted by Crippen LogP contribution is 2.01. The monoisotopic (exact) mass is 455 g/mol. The number of rotatable bonds is 9. The summed E-state index contributed by atoms with van der Waals surface area (Å²) in [5, 5.41) is 6.68. The van der Waals surface area contributed by atoms with Gasteiger partial charge in [0.15, 0.2) is 5.96 Å². The van der Waals surface area contributed by atoms with Crippen LogP contribution in [0.25, 0.3) is 0 Å². The Kier molecular flexibility index (Phi) is 11.0. The summed E-state index contributed by atoms with van der Waals surface area (Å²) in [5.74, 6) is 0.887. The predicted octanol–water partition coefficient (Wildman–Crippen LogP) is 2.79. The highest BCUT2D eigenvalue weighted by Gasteiger charge is 2.01. The highest BCUT2D eigenvalue weighted by molar-refractivity contribution is 14.0. The Morgan fingerprint density at radius 3 is 2.48 bits per heavy atom. The van der Waals surface area contributed by atoms with E-state index in [1.54, 1.807) is 0 Å². The summed E-state index contributed by atoms with van der Waals surface area (Å²) in [7, 11) is 2.13. The number of aliphatic imine (C=N–C) groups is 1. The molecule has 0 saturated carbocycles. The molecular weight excluding hydrogens is 425 g/mol. The normalized spacial score (nSPS) is 11.2. The third-order valence-corrected chi connectivity index (χ3v) is 3.72. The van der Waals surface area contributed by atoms with Gasteiger partial charge < -0.3 is 20.1 Å². The second-order valence-electron chi connectivity index (χ2n) is 5.83. The second kappa shape index (κ2) is 12.8. The molecule has 2 aromatic rings. The highest BCUT2D eigenvalue weighted by atomic mass is 127. The Labute approximate surface area is 168 Å². The standard InChI is InChI=1S/C19H29N5.HI/c1-3-20-19(22-12-16-24-13-7-8-14-24)21-11-15-23(2)17-18-9-5-4-6-10-18;/h4-10,13-14H,3,11-12,15-17H2,1-2H3,(H2,20,21,22);1H. The molecule has 0 aliphatic rings. The zero-order valence-electron chi connectivity index (χ0n) is 15.2. The molecule has 0 saturated heterocycles. The summed E-state index contributed by atoms with van der Waals surface area (Å²) in [6, 6.07) is 14.6. The van der Waals surface area contributed by atoms with Crippen molar-refractivity contribution in [2.24, 2.45) is 4.99 Å². The van der Waals surface area contributed by atoms with Crippen LogP contribution in [0.4, 0.5) is 0 Å². The van der Waals surface area contributed by atoms with E-state index in [9.17, 15) is 0 Å². The lowest BCUT2D eigenvalue weighted by atomic mass is 10.2. The van der Waals surface area contributed by atoms with Crippen LogP contribution in [0.3, 0.4) is 0 Å². The van der Waals surface area contributed by atoms with E-state index in [2.05, 4.69) is 81.8 Å². The maximum atomic E-state index is 4.66. The quantitative estimate of drug-likeness (QED) is 0.347. The Hall–Kier alpha value is -1.54. The molecule has 25 heavy (non-hydrogen) atoms. The van der Waals surface area contributed by atoms with E-state index >= 15 is 0 Å². The van der Waals surface area contributed by atoms with Crippen molar-refractivity contribution in [1.29, 1.82) is 0 Å². The molecule has 0 amide bonds. The van der Waals surface area contributed by atoms with Gasteiger partial charge in [0.2, 0.25) is 0 Å². The van der Waals surface area contributed by atoms with Gasteiger partial charge in [0.25, 0.3) is 0 Å². The Morgan fingerprint density at radius 1 is 1.08 bits per heavy atom. The Morgan fingerprint density at radius 2 is 1.80 bits per heavy atom. The Bertz CT molecular complexity index is 583. The topological polar surface area (TPSA) is 44.6 Å². The molecule has 0 radical (unpaired) electrons. The number of likely N-dealkylation sites (N-methyl/N-ethyl adjacent to an activating group) is 1. The molecule has 0 aliphatic carbocycles. The summed E-state index contributed by atoms with van der Waals surface area (Å²) >= 11 is 0. The number of benzene rings is 1. The molecule has 5 nitrogen and oxygen atoms in total. The van der Waals surface area contributed by atoms with Crippen LogP contribution in [-0.4, -0.2) is 48.7 Å². The Balaban J connectivity index is 0.00000312. The van der Waals surface area contributed by atoms with Crippen molar-refractivity contribution in [2.75, 3.05) is 33.2 Å². The molecule has 0 aliphatic heterocycles. The van der Waals surface area contributed by atoms with Crippen molar-refractivity contribution in [1.82, 2.24) is 20.1 Å². The first-order valence-corrected chi connectivity index (χ1v) is 8.63. The minimum Gasteiger partial charge on any atom is -0.357 e. The molecule has 0 spiro atoms. The number of halogens is 1. The van der Waals surface area contributed by atoms with Crippen LogP contribution in [0, 0.1) is 0 Å². The van der Waals surface area contributed by atoms with E-state index in [-0.39, 0.29) is 24.0 Å². The van der Waals surface area contributed by atoms with Crippen LogP contribution in [0.2, 0.25) is 0 Å².